The van der Waals surface area contributed by atoms with Gasteiger partial charge >= 0.3 is 0 Å². The van der Waals surface area contributed by atoms with Crippen LogP contribution in [0.15, 0.2) is 24.3 Å². The zero-order chi connectivity index (χ0) is 11.4. The molecular weight excluding hydrogens is 303 g/mol. The zero-order valence-electron chi connectivity index (χ0n) is 8.90. The summed E-state index contributed by atoms with van der Waals surface area (Å²) in [5.74, 6) is 0.0259. The predicted octanol–water partition coefficient (Wildman–Crippen LogP) is 1.71. The van der Waals surface area contributed by atoms with Crippen molar-refractivity contribution >= 4 is 28.5 Å². The highest BCUT2D eigenvalue weighted by molar-refractivity contribution is 14.1. The molecule has 0 radical (unpaired) electrons. The third kappa shape index (κ3) is 2.92. The number of hydrogen-bond acceptors (Lipinski definition) is 2. The van der Waals surface area contributed by atoms with Crippen molar-refractivity contribution in [2.75, 3.05) is 13.6 Å². The minimum absolute atomic E-state index is 0.0259. The van der Waals surface area contributed by atoms with Gasteiger partial charge in [0.1, 0.15) is 0 Å². The summed E-state index contributed by atoms with van der Waals surface area (Å²) in [4.78, 5) is 13.7. The molecule has 1 amide bonds. The van der Waals surface area contributed by atoms with Crippen LogP contribution in [-0.4, -0.2) is 30.4 Å². The molecule has 1 aromatic carbocycles. The average molecular weight is 318 g/mol. The van der Waals surface area contributed by atoms with Crippen molar-refractivity contribution in [3.8, 4) is 0 Å². The Morgan fingerprint density at radius 1 is 1.53 bits per heavy atom. The van der Waals surface area contributed by atoms with Gasteiger partial charge in [-0.05, 0) is 41.6 Å². The lowest BCUT2D eigenvalue weighted by atomic mass is 10.2. The van der Waals surface area contributed by atoms with E-state index in [9.17, 15) is 4.79 Å². The Labute approximate surface area is 104 Å². The molecule has 0 aliphatic carbocycles. The van der Waals surface area contributed by atoms with Gasteiger partial charge in [0.05, 0.1) is 5.56 Å². The SMILES string of the molecule is CC(CN)N(C)C(=O)c1ccccc1I. The molecule has 1 atom stereocenters. The molecule has 1 unspecified atom stereocenters. The van der Waals surface area contributed by atoms with Crippen molar-refractivity contribution in [3.63, 3.8) is 0 Å². The van der Waals surface area contributed by atoms with Gasteiger partial charge in [0.25, 0.3) is 5.91 Å². The second kappa shape index (κ2) is 5.46. The summed E-state index contributed by atoms with van der Waals surface area (Å²) in [5.41, 5.74) is 6.27. The van der Waals surface area contributed by atoms with Crippen molar-refractivity contribution in [2.45, 2.75) is 13.0 Å². The van der Waals surface area contributed by atoms with Gasteiger partial charge in [-0.2, -0.15) is 0 Å². The maximum atomic E-state index is 12.0. The lowest BCUT2D eigenvalue weighted by Crippen LogP contribution is -2.39. The Hall–Kier alpha value is -0.620. The standard InChI is InChI=1S/C11H15IN2O/c1-8(7-13)14(2)11(15)9-5-3-4-6-10(9)12/h3-6,8H,7,13H2,1-2H3. The van der Waals surface area contributed by atoms with E-state index >= 15 is 0 Å². The van der Waals surface area contributed by atoms with Crippen LogP contribution < -0.4 is 5.73 Å². The van der Waals surface area contributed by atoms with Crippen molar-refractivity contribution < 1.29 is 4.79 Å². The van der Waals surface area contributed by atoms with Crippen LogP contribution in [0, 0.1) is 3.57 Å². The molecule has 0 aliphatic heterocycles. The summed E-state index contributed by atoms with van der Waals surface area (Å²) in [5, 5.41) is 0. The first-order valence-electron chi connectivity index (χ1n) is 4.79. The highest BCUT2D eigenvalue weighted by Gasteiger charge is 2.17. The second-order valence-electron chi connectivity index (χ2n) is 3.48. The number of benzene rings is 1. The highest BCUT2D eigenvalue weighted by atomic mass is 127. The monoisotopic (exact) mass is 318 g/mol. The van der Waals surface area contributed by atoms with E-state index in [0.29, 0.717) is 6.54 Å². The first kappa shape index (κ1) is 12.4. The normalized spacial score (nSPS) is 12.3. The van der Waals surface area contributed by atoms with Crippen LogP contribution in [0.3, 0.4) is 0 Å². The van der Waals surface area contributed by atoms with E-state index in [1.165, 1.54) is 0 Å². The van der Waals surface area contributed by atoms with Gasteiger partial charge < -0.3 is 10.6 Å². The number of carbonyl (C=O) groups excluding carboxylic acids is 1. The second-order valence-corrected chi connectivity index (χ2v) is 4.64. The fourth-order valence-corrected chi connectivity index (χ4v) is 1.80. The van der Waals surface area contributed by atoms with Crippen LogP contribution in [0.4, 0.5) is 0 Å². The van der Waals surface area contributed by atoms with E-state index in [2.05, 4.69) is 22.6 Å². The van der Waals surface area contributed by atoms with Gasteiger partial charge in [-0.15, -0.1) is 0 Å². The van der Waals surface area contributed by atoms with Crippen LogP contribution in [0.25, 0.3) is 0 Å². The number of likely N-dealkylation sites (N-methyl/N-ethyl adjacent to an activating group) is 1. The Balaban J connectivity index is 2.90. The molecule has 0 spiro atoms. The molecule has 0 aromatic heterocycles. The average Bonchev–Trinajstić information content (AvgIpc) is 2.26. The minimum Gasteiger partial charge on any atom is -0.338 e. The largest absolute Gasteiger partial charge is 0.338 e. The lowest BCUT2D eigenvalue weighted by Gasteiger charge is -2.24. The number of nitrogens with two attached hydrogens (primary N) is 1. The Morgan fingerprint density at radius 3 is 2.67 bits per heavy atom. The molecule has 15 heavy (non-hydrogen) atoms. The molecule has 4 heteroatoms. The molecule has 1 rings (SSSR count). The van der Waals surface area contributed by atoms with E-state index in [-0.39, 0.29) is 11.9 Å². The van der Waals surface area contributed by atoms with Crippen molar-refractivity contribution in [3.05, 3.63) is 33.4 Å². The zero-order valence-corrected chi connectivity index (χ0v) is 11.1. The van der Waals surface area contributed by atoms with E-state index in [4.69, 9.17) is 5.73 Å². The van der Waals surface area contributed by atoms with E-state index in [1.54, 1.807) is 11.9 Å². The van der Waals surface area contributed by atoms with Crippen LogP contribution in [0.1, 0.15) is 17.3 Å². The molecule has 0 aliphatic rings. The summed E-state index contributed by atoms with van der Waals surface area (Å²) in [6, 6.07) is 7.62. The Bertz CT molecular complexity index is 354. The molecule has 0 fully saturated rings. The van der Waals surface area contributed by atoms with Gasteiger partial charge in [0.15, 0.2) is 0 Å². The molecule has 0 saturated carbocycles. The van der Waals surface area contributed by atoms with Crippen LogP contribution in [-0.2, 0) is 0 Å². The molecule has 3 nitrogen and oxygen atoms in total. The van der Waals surface area contributed by atoms with Crippen molar-refractivity contribution in [1.82, 2.24) is 4.90 Å². The topological polar surface area (TPSA) is 46.3 Å². The summed E-state index contributed by atoms with van der Waals surface area (Å²) < 4.78 is 0.969. The first-order chi connectivity index (χ1) is 7.07. The Kier molecular flexibility index (Phi) is 4.53. The molecule has 0 bridgehead atoms. The van der Waals surface area contributed by atoms with Gasteiger partial charge in [-0.25, -0.2) is 0 Å². The maximum Gasteiger partial charge on any atom is 0.254 e. The number of nitrogens with zero attached hydrogens (tertiary/aromatic N) is 1. The summed E-state index contributed by atoms with van der Waals surface area (Å²) in [7, 11) is 1.78. The first-order valence-corrected chi connectivity index (χ1v) is 5.87. The van der Waals surface area contributed by atoms with Gasteiger partial charge in [0.2, 0.25) is 0 Å². The third-order valence-electron chi connectivity index (χ3n) is 2.43. The highest BCUT2D eigenvalue weighted by Crippen LogP contribution is 2.14. The number of halogens is 1. The smallest absolute Gasteiger partial charge is 0.254 e. The van der Waals surface area contributed by atoms with Crippen molar-refractivity contribution in [1.29, 1.82) is 0 Å². The number of amides is 1. The lowest BCUT2D eigenvalue weighted by molar-refractivity contribution is 0.0747. The van der Waals surface area contributed by atoms with E-state index in [0.717, 1.165) is 9.13 Å². The maximum absolute atomic E-state index is 12.0. The summed E-state index contributed by atoms with van der Waals surface area (Å²) in [6.45, 7) is 2.42. The van der Waals surface area contributed by atoms with Crippen LogP contribution in [0.5, 0.6) is 0 Å². The van der Waals surface area contributed by atoms with Gasteiger partial charge in [-0.1, -0.05) is 12.1 Å². The van der Waals surface area contributed by atoms with E-state index in [1.807, 2.05) is 31.2 Å². The molecule has 82 valence electrons. The molecular formula is C11H15IN2O. The van der Waals surface area contributed by atoms with Crippen LogP contribution in [0.2, 0.25) is 0 Å². The summed E-state index contributed by atoms with van der Waals surface area (Å²) >= 11 is 2.17. The molecule has 0 saturated heterocycles. The van der Waals surface area contributed by atoms with Gasteiger partial charge in [0, 0.05) is 23.2 Å². The minimum atomic E-state index is 0.0259. The third-order valence-corrected chi connectivity index (χ3v) is 3.37. The Morgan fingerprint density at radius 2 is 2.13 bits per heavy atom. The predicted molar refractivity (Wildman–Crippen MR) is 69.8 cm³/mol. The van der Waals surface area contributed by atoms with Crippen LogP contribution >= 0.6 is 22.6 Å². The van der Waals surface area contributed by atoms with Gasteiger partial charge in [-0.3, -0.25) is 4.79 Å². The van der Waals surface area contributed by atoms with E-state index < -0.39 is 0 Å². The molecule has 2 N–H and O–H groups in total. The summed E-state index contributed by atoms with van der Waals surface area (Å²) in [6.07, 6.45) is 0. The molecule has 0 heterocycles. The molecule has 1 aromatic rings. The number of hydrogen-bond donors (Lipinski definition) is 1. The fraction of sp³-hybridized carbons (Fsp3) is 0.364. The number of rotatable bonds is 3. The number of carbonyl (C=O) groups is 1. The quantitative estimate of drug-likeness (QED) is 0.863. The van der Waals surface area contributed by atoms with Crippen molar-refractivity contribution in [2.24, 2.45) is 5.73 Å². The fourth-order valence-electron chi connectivity index (χ4n) is 1.18.